The maximum Gasteiger partial charge on any atom is 0.321 e. The summed E-state index contributed by atoms with van der Waals surface area (Å²) in [6.07, 6.45) is 1.65. The largest absolute Gasteiger partial charge is 0.345 e. The predicted molar refractivity (Wildman–Crippen MR) is 69.2 cm³/mol. The van der Waals surface area contributed by atoms with E-state index in [0.717, 1.165) is 16.6 Å². The van der Waals surface area contributed by atoms with Crippen LogP contribution in [0.2, 0.25) is 0 Å². The number of H-pyrrole nitrogens is 1. The second-order valence-electron chi connectivity index (χ2n) is 4.63. The Morgan fingerprint density at radius 2 is 2.42 bits per heavy atom. The molecule has 1 aliphatic rings. The number of amides is 2. The van der Waals surface area contributed by atoms with Gasteiger partial charge >= 0.3 is 6.03 Å². The van der Waals surface area contributed by atoms with Gasteiger partial charge in [0, 0.05) is 13.6 Å². The second-order valence-corrected chi connectivity index (χ2v) is 4.63. The van der Waals surface area contributed by atoms with Crippen LogP contribution in [-0.4, -0.2) is 45.9 Å². The van der Waals surface area contributed by atoms with E-state index < -0.39 is 0 Å². The summed E-state index contributed by atoms with van der Waals surface area (Å²) in [6.45, 7) is 0.675. The number of nitrogens with one attached hydrogen (secondary N) is 1. The van der Waals surface area contributed by atoms with Crippen LogP contribution in [0.25, 0.3) is 11.0 Å². The summed E-state index contributed by atoms with van der Waals surface area (Å²) in [7, 11) is 1.77. The van der Waals surface area contributed by atoms with Crippen LogP contribution in [0, 0.1) is 11.3 Å². The maximum absolute atomic E-state index is 12.0. The Bertz CT molecular complexity index is 671. The van der Waals surface area contributed by atoms with Crippen molar-refractivity contribution >= 4 is 17.1 Å². The standard InChI is InChI=1S/C13H13N5O/c1-17-12(7-18(5-4-14)13(17)19)9-2-3-10-11(6-9)16-8-15-10/h2-3,6,8,12H,5,7H2,1H3,(H,15,16). The van der Waals surface area contributed by atoms with Gasteiger partial charge in [0.05, 0.1) is 29.5 Å². The number of fused-ring (bicyclic) bond motifs is 1. The summed E-state index contributed by atoms with van der Waals surface area (Å²) in [6, 6.07) is 7.82. The minimum Gasteiger partial charge on any atom is -0.345 e. The van der Waals surface area contributed by atoms with E-state index in [0.29, 0.717) is 6.54 Å². The van der Waals surface area contributed by atoms with E-state index in [1.165, 1.54) is 0 Å². The van der Waals surface area contributed by atoms with Gasteiger partial charge in [-0.15, -0.1) is 0 Å². The summed E-state index contributed by atoms with van der Waals surface area (Å²) >= 11 is 0. The van der Waals surface area contributed by atoms with Crippen molar-refractivity contribution in [3.05, 3.63) is 30.1 Å². The van der Waals surface area contributed by atoms with E-state index >= 15 is 0 Å². The molecule has 1 aromatic carbocycles. The van der Waals surface area contributed by atoms with Gasteiger partial charge in [-0.3, -0.25) is 0 Å². The van der Waals surface area contributed by atoms with Gasteiger partial charge in [0.2, 0.25) is 0 Å². The van der Waals surface area contributed by atoms with Gasteiger partial charge in [-0.1, -0.05) is 6.07 Å². The molecule has 1 unspecified atom stereocenters. The molecule has 19 heavy (non-hydrogen) atoms. The molecule has 1 aromatic heterocycles. The fraction of sp³-hybridized carbons (Fsp3) is 0.308. The third-order valence-corrected chi connectivity index (χ3v) is 3.52. The molecule has 1 atom stereocenters. The number of carbonyl (C=O) groups excluding carboxylic acids is 1. The van der Waals surface area contributed by atoms with Crippen molar-refractivity contribution in [2.24, 2.45) is 0 Å². The molecular weight excluding hydrogens is 242 g/mol. The third kappa shape index (κ3) is 1.80. The highest BCUT2D eigenvalue weighted by molar-refractivity contribution is 5.79. The molecule has 1 aliphatic heterocycles. The molecule has 96 valence electrons. The van der Waals surface area contributed by atoms with Crippen molar-refractivity contribution in [2.45, 2.75) is 6.04 Å². The molecule has 3 rings (SSSR count). The lowest BCUT2D eigenvalue weighted by Crippen LogP contribution is -2.29. The molecule has 6 heteroatoms. The van der Waals surface area contributed by atoms with E-state index in [-0.39, 0.29) is 18.6 Å². The van der Waals surface area contributed by atoms with Crippen molar-refractivity contribution in [2.75, 3.05) is 20.1 Å². The zero-order chi connectivity index (χ0) is 13.4. The number of imidazole rings is 1. The molecule has 0 aliphatic carbocycles. The van der Waals surface area contributed by atoms with Crippen molar-refractivity contribution < 1.29 is 4.79 Å². The Kier molecular flexibility index (Phi) is 2.60. The van der Waals surface area contributed by atoms with Gasteiger partial charge < -0.3 is 14.8 Å². The van der Waals surface area contributed by atoms with Crippen LogP contribution in [0.3, 0.4) is 0 Å². The Balaban J connectivity index is 1.93. The topological polar surface area (TPSA) is 76.0 Å². The van der Waals surface area contributed by atoms with Crippen LogP contribution in [-0.2, 0) is 0 Å². The average molecular weight is 255 g/mol. The summed E-state index contributed by atoms with van der Waals surface area (Å²) in [5.41, 5.74) is 2.91. The smallest absolute Gasteiger partial charge is 0.321 e. The molecule has 0 spiro atoms. The number of urea groups is 1. The summed E-state index contributed by atoms with van der Waals surface area (Å²) < 4.78 is 0. The first-order valence-corrected chi connectivity index (χ1v) is 6.02. The molecule has 0 radical (unpaired) electrons. The minimum absolute atomic E-state index is 0.0199. The average Bonchev–Trinajstić information content (AvgIpc) is 2.98. The molecule has 0 bridgehead atoms. The van der Waals surface area contributed by atoms with Crippen molar-refractivity contribution in [1.82, 2.24) is 19.8 Å². The van der Waals surface area contributed by atoms with Crippen LogP contribution in [0.5, 0.6) is 0 Å². The Hall–Kier alpha value is -2.55. The number of aromatic nitrogens is 2. The highest BCUT2D eigenvalue weighted by Gasteiger charge is 2.35. The van der Waals surface area contributed by atoms with E-state index in [2.05, 4.69) is 9.97 Å². The van der Waals surface area contributed by atoms with Crippen molar-refractivity contribution in [1.29, 1.82) is 5.26 Å². The number of likely N-dealkylation sites (N-methyl/N-ethyl adjacent to an activating group) is 1. The number of aromatic amines is 1. The van der Waals surface area contributed by atoms with Crippen LogP contribution in [0.4, 0.5) is 4.79 Å². The SMILES string of the molecule is CN1C(=O)N(CC#N)CC1c1ccc2nc[nH]c2c1. The van der Waals surface area contributed by atoms with Crippen LogP contribution >= 0.6 is 0 Å². The normalized spacial score (nSPS) is 19.2. The van der Waals surface area contributed by atoms with Crippen LogP contribution in [0.1, 0.15) is 11.6 Å². The van der Waals surface area contributed by atoms with Gasteiger partial charge in [0.1, 0.15) is 6.54 Å². The Labute approximate surface area is 110 Å². The number of benzene rings is 1. The van der Waals surface area contributed by atoms with Crippen molar-refractivity contribution in [3.63, 3.8) is 0 Å². The van der Waals surface area contributed by atoms with Gasteiger partial charge in [-0.2, -0.15) is 5.26 Å². The fourth-order valence-electron chi connectivity index (χ4n) is 2.47. The Morgan fingerprint density at radius 3 is 3.21 bits per heavy atom. The molecule has 6 nitrogen and oxygen atoms in total. The predicted octanol–water partition coefficient (Wildman–Crippen LogP) is 1.49. The number of rotatable bonds is 2. The van der Waals surface area contributed by atoms with Gasteiger partial charge in [-0.25, -0.2) is 9.78 Å². The van der Waals surface area contributed by atoms with E-state index in [1.54, 1.807) is 23.2 Å². The third-order valence-electron chi connectivity index (χ3n) is 3.52. The Morgan fingerprint density at radius 1 is 1.58 bits per heavy atom. The lowest BCUT2D eigenvalue weighted by Gasteiger charge is -2.17. The van der Waals surface area contributed by atoms with Gasteiger partial charge in [0.15, 0.2) is 0 Å². The first kappa shape index (κ1) is 11.5. The molecule has 1 N–H and O–H groups in total. The number of nitrogens with zero attached hydrogens (tertiary/aromatic N) is 4. The minimum atomic E-state index is -0.101. The molecular formula is C13H13N5O. The van der Waals surface area contributed by atoms with Gasteiger partial charge in [0.25, 0.3) is 0 Å². The number of nitriles is 1. The van der Waals surface area contributed by atoms with E-state index in [1.807, 2.05) is 24.3 Å². The molecule has 1 saturated heterocycles. The molecule has 2 heterocycles. The maximum atomic E-state index is 12.0. The second kappa shape index (κ2) is 4.28. The molecule has 0 saturated carbocycles. The lowest BCUT2D eigenvalue weighted by atomic mass is 10.1. The summed E-state index contributed by atoms with van der Waals surface area (Å²) in [5.74, 6) is 0. The highest BCUT2D eigenvalue weighted by Crippen LogP contribution is 2.29. The summed E-state index contributed by atoms with van der Waals surface area (Å²) in [5, 5.41) is 8.73. The number of hydrogen-bond acceptors (Lipinski definition) is 3. The monoisotopic (exact) mass is 255 g/mol. The molecule has 1 fully saturated rings. The zero-order valence-corrected chi connectivity index (χ0v) is 10.5. The first-order valence-electron chi connectivity index (χ1n) is 6.02. The van der Waals surface area contributed by atoms with Crippen LogP contribution in [0.15, 0.2) is 24.5 Å². The zero-order valence-electron chi connectivity index (χ0n) is 10.5. The summed E-state index contributed by atoms with van der Waals surface area (Å²) in [4.78, 5) is 22.4. The first-order chi connectivity index (χ1) is 9.20. The van der Waals surface area contributed by atoms with Crippen LogP contribution < -0.4 is 0 Å². The number of carbonyl (C=O) groups is 1. The highest BCUT2D eigenvalue weighted by atomic mass is 16.2. The molecule has 2 amide bonds. The van der Waals surface area contributed by atoms with Gasteiger partial charge in [-0.05, 0) is 17.7 Å². The number of hydrogen-bond donors (Lipinski definition) is 1. The van der Waals surface area contributed by atoms with E-state index in [4.69, 9.17) is 5.26 Å². The fourth-order valence-corrected chi connectivity index (χ4v) is 2.47. The van der Waals surface area contributed by atoms with Crippen molar-refractivity contribution in [3.8, 4) is 6.07 Å². The quantitative estimate of drug-likeness (QED) is 0.826. The lowest BCUT2D eigenvalue weighted by molar-refractivity contribution is 0.199. The van der Waals surface area contributed by atoms with E-state index in [9.17, 15) is 4.79 Å². The molecule has 2 aromatic rings.